The number of amides is 2. The molecule has 2 aliphatic heterocycles. The second-order valence-electron chi connectivity index (χ2n) is 9.35. The fraction of sp³-hybridized carbons (Fsp3) is 0.667. The fourth-order valence-corrected chi connectivity index (χ4v) is 6.88. The van der Waals surface area contributed by atoms with Crippen molar-refractivity contribution in [2.24, 2.45) is 16.7 Å². The number of hydrogen-bond donors (Lipinski definition) is 0. The molecule has 0 bridgehead atoms. The van der Waals surface area contributed by atoms with Crippen molar-refractivity contribution in [2.75, 3.05) is 46.5 Å². The van der Waals surface area contributed by atoms with Crippen molar-refractivity contribution < 1.29 is 18.0 Å². The van der Waals surface area contributed by atoms with E-state index < -0.39 is 15.4 Å². The van der Waals surface area contributed by atoms with Crippen molar-refractivity contribution in [2.45, 2.75) is 25.7 Å². The quantitative estimate of drug-likeness (QED) is 0.710. The molecule has 164 valence electrons. The monoisotopic (exact) mass is 434 g/mol. The van der Waals surface area contributed by atoms with Gasteiger partial charge in [0.15, 0.2) is 0 Å². The van der Waals surface area contributed by atoms with Gasteiger partial charge in [-0.15, -0.1) is 0 Å². The third kappa shape index (κ3) is 3.32. The minimum atomic E-state index is -3.37. The van der Waals surface area contributed by atoms with E-state index in [1.807, 2.05) is 4.90 Å². The summed E-state index contributed by atoms with van der Waals surface area (Å²) >= 11 is 0. The van der Waals surface area contributed by atoms with Gasteiger partial charge in [-0.25, -0.2) is 12.7 Å². The highest BCUT2D eigenvalue weighted by Gasteiger charge is 2.65. The Labute approximate surface area is 178 Å². The Morgan fingerprint density at radius 2 is 1.73 bits per heavy atom. The SMILES string of the molecule is CN(C)C(=O)[C@@]12CCC3(CCN(C(=O)c4ccncc4)CC3)[C@@H]1CN(S(C)(=O)=O)C2. The number of aromatic nitrogens is 1. The number of likely N-dealkylation sites (tertiary alicyclic amines) is 1. The second kappa shape index (κ2) is 7.30. The lowest BCUT2D eigenvalue weighted by molar-refractivity contribution is -0.141. The average molecular weight is 435 g/mol. The molecule has 1 spiro atoms. The number of piperidine rings is 1. The van der Waals surface area contributed by atoms with Crippen molar-refractivity contribution in [1.82, 2.24) is 19.1 Å². The lowest BCUT2D eigenvalue weighted by Crippen LogP contribution is -2.49. The van der Waals surface area contributed by atoms with Crippen LogP contribution in [-0.2, 0) is 14.8 Å². The lowest BCUT2D eigenvalue weighted by Gasteiger charge is -2.44. The van der Waals surface area contributed by atoms with Gasteiger partial charge in [0.05, 0.1) is 11.7 Å². The highest BCUT2D eigenvalue weighted by molar-refractivity contribution is 7.88. The number of hydrogen-bond acceptors (Lipinski definition) is 5. The molecule has 0 aromatic carbocycles. The summed E-state index contributed by atoms with van der Waals surface area (Å²) in [5.74, 6) is 0.0312. The Bertz CT molecular complexity index is 941. The van der Waals surface area contributed by atoms with Gasteiger partial charge >= 0.3 is 0 Å². The van der Waals surface area contributed by atoms with Gasteiger partial charge in [-0.1, -0.05) is 0 Å². The zero-order valence-corrected chi connectivity index (χ0v) is 18.7. The topological polar surface area (TPSA) is 90.9 Å². The van der Waals surface area contributed by atoms with Gasteiger partial charge in [0.1, 0.15) is 0 Å². The third-order valence-electron chi connectivity index (χ3n) is 7.59. The van der Waals surface area contributed by atoms with Crippen LogP contribution in [0, 0.1) is 16.7 Å². The molecule has 0 N–H and O–H groups in total. The number of carbonyl (C=O) groups is 2. The standard InChI is InChI=1S/C21H30N4O4S/c1-23(2)19(27)21-7-6-20(17(21)14-25(15-21)30(3,28)29)8-12-24(13-9-20)18(26)16-4-10-22-11-5-16/h4-5,10-11,17H,6-9,12-15H2,1-3H3/t17-,21+/m0/s1. The van der Waals surface area contributed by atoms with Gasteiger partial charge in [0.2, 0.25) is 15.9 Å². The summed E-state index contributed by atoms with van der Waals surface area (Å²) in [7, 11) is 0.131. The number of nitrogens with zero attached hydrogens (tertiary/aromatic N) is 4. The molecule has 4 rings (SSSR count). The molecule has 2 atom stereocenters. The molecule has 2 amide bonds. The zero-order chi connectivity index (χ0) is 21.7. The van der Waals surface area contributed by atoms with Gasteiger partial charge in [0.25, 0.3) is 5.91 Å². The average Bonchev–Trinajstić information content (AvgIpc) is 3.26. The molecular weight excluding hydrogens is 404 g/mol. The van der Waals surface area contributed by atoms with Gasteiger partial charge in [-0.2, -0.15) is 0 Å². The van der Waals surface area contributed by atoms with Crippen LogP contribution in [0.1, 0.15) is 36.0 Å². The molecular formula is C21H30N4O4S. The zero-order valence-electron chi connectivity index (χ0n) is 17.9. The van der Waals surface area contributed by atoms with E-state index >= 15 is 0 Å². The van der Waals surface area contributed by atoms with Crippen molar-refractivity contribution in [3.05, 3.63) is 30.1 Å². The Hall–Kier alpha value is -2.00. The van der Waals surface area contributed by atoms with Crippen LogP contribution < -0.4 is 0 Å². The summed E-state index contributed by atoms with van der Waals surface area (Å²) in [6.07, 6.45) is 7.68. The maximum Gasteiger partial charge on any atom is 0.253 e. The molecule has 8 nitrogen and oxygen atoms in total. The van der Waals surface area contributed by atoms with Gasteiger partial charge in [0, 0.05) is 58.2 Å². The van der Waals surface area contributed by atoms with Crippen molar-refractivity contribution in [3.8, 4) is 0 Å². The number of fused-ring (bicyclic) bond motifs is 2. The maximum absolute atomic E-state index is 13.2. The van der Waals surface area contributed by atoms with Crippen LogP contribution in [0.2, 0.25) is 0 Å². The second-order valence-corrected chi connectivity index (χ2v) is 11.3. The van der Waals surface area contributed by atoms with Crippen LogP contribution >= 0.6 is 0 Å². The number of pyridine rings is 1. The Kier molecular flexibility index (Phi) is 5.17. The van der Waals surface area contributed by atoms with E-state index in [0.29, 0.717) is 31.6 Å². The molecule has 30 heavy (non-hydrogen) atoms. The van der Waals surface area contributed by atoms with Crippen LogP contribution in [0.5, 0.6) is 0 Å². The van der Waals surface area contributed by atoms with Crippen LogP contribution in [-0.4, -0.2) is 85.9 Å². The Balaban J connectivity index is 1.57. The predicted octanol–water partition coefficient (Wildman–Crippen LogP) is 1.06. The molecule has 3 heterocycles. The first kappa shape index (κ1) is 21.2. The molecule has 2 saturated heterocycles. The van der Waals surface area contributed by atoms with E-state index in [9.17, 15) is 18.0 Å². The van der Waals surface area contributed by atoms with E-state index in [2.05, 4.69) is 4.98 Å². The number of sulfonamides is 1. The molecule has 0 unspecified atom stereocenters. The van der Waals surface area contributed by atoms with Crippen molar-refractivity contribution >= 4 is 21.8 Å². The molecule has 3 aliphatic rings. The summed E-state index contributed by atoms with van der Waals surface area (Å²) in [5.41, 5.74) is -0.113. The highest BCUT2D eigenvalue weighted by Crippen LogP contribution is 2.62. The minimum Gasteiger partial charge on any atom is -0.348 e. The van der Waals surface area contributed by atoms with E-state index in [1.165, 1.54) is 10.6 Å². The van der Waals surface area contributed by atoms with Gasteiger partial charge in [-0.05, 0) is 49.1 Å². The molecule has 3 fully saturated rings. The molecule has 1 aliphatic carbocycles. The first-order chi connectivity index (χ1) is 14.1. The predicted molar refractivity (Wildman–Crippen MR) is 112 cm³/mol. The first-order valence-electron chi connectivity index (χ1n) is 10.5. The van der Waals surface area contributed by atoms with Crippen LogP contribution in [0.15, 0.2) is 24.5 Å². The van der Waals surface area contributed by atoms with E-state index in [-0.39, 0.29) is 29.7 Å². The normalized spacial score (nSPS) is 28.5. The number of rotatable bonds is 3. The maximum atomic E-state index is 13.2. The molecule has 1 saturated carbocycles. The molecule has 1 aromatic rings. The summed E-state index contributed by atoms with van der Waals surface area (Å²) < 4.78 is 26.1. The summed E-state index contributed by atoms with van der Waals surface area (Å²) in [5, 5.41) is 0. The van der Waals surface area contributed by atoms with Crippen molar-refractivity contribution in [3.63, 3.8) is 0 Å². The van der Waals surface area contributed by atoms with Crippen molar-refractivity contribution in [1.29, 1.82) is 0 Å². The van der Waals surface area contributed by atoms with Gasteiger partial charge < -0.3 is 9.80 Å². The van der Waals surface area contributed by atoms with Gasteiger partial charge in [-0.3, -0.25) is 14.6 Å². The highest BCUT2D eigenvalue weighted by atomic mass is 32.2. The summed E-state index contributed by atoms with van der Waals surface area (Å²) in [6.45, 7) is 1.93. The molecule has 9 heteroatoms. The minimum absolute atomic E-state index is 0.00469. The first-order valence-corrected chi connectivity index (χ1v) is 12.3. The third-order valence-corrected chi connectivity index (χ3v) is 8.81. The Morgan fingerprint density at radius 1 is 1.10 bits per heavy atom. The summed E-state index contributed by atoms with van der Waals surface area (Å²) in [6, 6.07) is 3.45. The fourth-order valence-electron chi connectivity index (χ4n) is 6.00. The smallest absolute Gasteiger partial charge is 0.253 e. The lowest BCUT2D eigenvalue weighted by atomic mass is 9.65. The van der Waals surface area contributed by atoms with Crippen LogP contribution in [0.4, 0.5) is 0 Å². The van der Waals surface area contributed by atoms with Crippen LogP contribution in [0.3, 0.4) is 0 Å². The molecule has 0 radical (unpaired) electrons. The van der Waals surface area contributed by atoms with E-state index in [1.54, 1.807) is 43.5 Å². The van der Waals surface area contributed by atoms with E-state index in [0.717, 1.165) is 19.3 Å². The number of carbonyl (C=O) groups excluding carboxylic acids is 2. The molecule has 1 aromatic heterocycles. The largest absolute Gasteiger partial charge is 0.348 e. The Morgan fingerprint density at radius 3 is 2.30 bits per heavy atom. The van der Waals surface area contributed by atoms with E-state index in [4.69, 9.17) is 0 Å². The van der Waals surface area contributed by atoms with Crippen LogP contribution in [0.25, 0.3) is 0 Å². The summed E-state index contributed by atoms with van der Waals surface area (Å²) in [4.78, 5) is 33.5.